The predicted octanol–water partition coefficient (Wildman–Crippen LogP) is -3.58. The molecule has 3 rings (SSSR count). The van der Waals surface area contributed by atoms with Gasteiger partial charge in [0, 0.05) is 32.5 Å². The van der Waals surface area contributed by atoms with Gasteiger partial charge in [-0.25, -0.2) is 4.79 Å². The second-order valence-corrected chi connectivity index (χ2v) is 28.1. The number of nitrogens with zero attached hydrogens (tertiary/aromatic N) is 3. The zero-order valence-electron chi connectivity index (χ0n) is 60.4. The number of carboxylic acid groups (broad SMARTS) is 3. The Morgan fingerprint density at radius 3 is 1.29 bits per heavy atom. The van der Waals surface area contributed by atoms with Crippen LogP contribution in [0.2, 0.25) is 0 Å². The van der Waals surface area contributed by atoms with Crippen LogP contribution < -0.4 is 70.4 Å². The molecule has 0 radical (unpaired) electrons. The highest BCUT2D eigenvalue weighted by Crippen LogP contribution is 2.25. The number of primary amides is 1. The van der Waals surface area contributed by atoms with E-state index in [0.29, 0.717) is 38.6 Å². The summed E-state index contributed by atoms with van der Waals surface area (Å²) in [5.41, 5.74) is 16.9. The van der Waals surface area contributed by atoms with Crippen LogP contribution in [0.5, 0.6) is 0 Å². The molecule has 0 spiro atoms. The third-order valence-electron chi connectivity index (χ3n) is 17.7. The van der Waals surface area contributed by atoms with Gasteiger partial charge in [0.25, 0.3) is 0 Å². The number of aliphatic carboxylic acids is 3. The molecule has 3 fully saturated rings. The number of carbonyl (C=O) groups excluding carboxylic acids is 14. The maximum atomic E-state index is 14.7. The topological polar surface area (TPSA) is 559 Å². The molecule has 0 saturated carbocycles. The SMILES string of the molecule is CC(C)C[C@H](NC(=O)[C@H](CC(=O)O)NC(=O)[C@H](CCC(N)=O)NC(=O)[C@H](CCCCN)NC(=O)[C@@H](NC(=O)[C@H](CC(C)C)NC(=O)[C@@H]1CCCN1C(=O)[C@@H](NC(=O)[C@@H]1CCCN1C(=O)[C@H](CCC(=O)O)NC(=O)[C@H](C)NC(=O)[C@H](C)NC(=O)[C@@H]1CCCN1C(=O)[C@H](C)N)C(C)C)C(C)C)C(=O)O. The van der Waals surface area contributed by atoms with Gasteiger partial charge in [-0.15, -0.1) is 0 Å². The summed E-state index contributed by atoms with van der Waals surface area (Å²) in [5, 5.41) is 54.2. The van der Waals surface area contributed by atoms with Gasteiger partial charge in [-0.2, -0.15) is 0 Å². The molecule has 0 aliphatic carbocycles. The summed E-state index contributed by atoms with van der Waals surface area (Å²) in [6.45, 7) is 18.1. The first-order valence-electron chi connectivity index (χ1n) is 35.1. The lowest BCUT2D eigenvalue weighted by atomic mass is 9.98. The van der Waals surface area contributed by atoms with Gasteiger partial charge in [0.15, 0.2) is 0 Å². The highest BCUT2D eigenvalue weighted by atomic mass is 16.4. The van der Waals surface area contributed by atoms with Gasteiger partial charge in [-0.05, 0) is 134 Å². The second-order valence-electron chi connectivity index (χ2n) is 28.1. The van der Waals surface area contributed by atoms with Crippen LogP contribution in [0.4, 0.5) is 0 Å². The van der Waals surface area contributed by atoms with Crippen LogP contribution in [0.25, 0.3) is 0 Å². The van der Waals surface area contributed by atoms with Crippen molar-refractivity contribution in [1.29, 1.82) is 0 Å². The summed E-state index contributed by atoms with van der Waals surface area (Å²) in [4.78, 5) is 232. The molecule has 36 heteroatoms. The quantitative estimate of drug-likeness (QED) is 0.0263. The largest absolute Gasteiger partial charge is 0.481 e. The summed E-state index contributed by atoms with van der Waals surface area (Å²) in [6, 6.07) is -18.6. The molecule has 36 nitrogen and oxygen atoms in total. The fraction of sp³-hybridized carbons (Fsp3) is 0.742. The molecule has 19 N–H and O–H groups in total. The van der Waals surface area contributed by atoms with Crippen molar-refractivity contribution < 1.29 is 96.8 Å². The first kappa shape index (κ1) is 87.1. The number of hydrogen-bond donors (Lipinski definition) is 16. The highest BCUT2D eigenvalue weighted by Gasteiger charge is 2.45. The van der Waals surface area contributed by atoms with Crippen molar-refractivity contribution in [3.63, 3.8) is 0 Å². The van der Waals surface area contributed by atoms with Crippen LogP contribution in [0.1, 0.15) is 179 Å². The van der Waals surface area contributed by atoms with Crippen LogP contribution in [-0.2, 0) is 81.5 Å². The van der Waals surface area contributed by atoms with Crippen molar-refractivity contribution in [2.45, 2.75) is 263 Å². The van der Waals surface area contributed by atoms with E-state index in [4.69, 9.17) is 17.2 Å². The van der Waals surface area contributed by atoms with Gasteiger partial charge in [0.1, 0.15) is 78.5 Å². The zero-order valence-corrected chi connectivity index (χ0v) is 60.4. The van der Waals surface area contributed by atoms with Crippen LogP contribution in [-0.4, -0.2) is 241 Å². The summed E-state index contributed by atoms with van der Waals surface area (Å²) < 4.78 is 0. The van der Waals surface area contributed by atoms with Crippen molar-refractivity contribution in [3.8, 4) is 0 Å². The molecule has 102 heavy (non-hydrogen) atoms. The number of unbranched alkanes of at least 4 members (excludes halogenated alkanes) is 1. The van der Waals surface area contributed by atoms with E-state index in [1.54, 1.807) is 55.4 Å². The van der Waals surface area contributed by atoms with Crippen LogP contribution in [0.15, 0.2) is 0 Å². The highest BCUT2D eigenvalue weighted by molar-refractivity contribution is 6.01. The van der Waals surface area contributed by atoms with Gasteiger partial charge >= 0.3 is 17.9 Å². The predicted molar refractivity (Wildman–Crippen MR) is 365 cm³/mol. The van der Waals surface area contributed by atoms with E-state index in [0.717, 1.165) is 0 Å². The molecule has 0 bridgehead atoms. The Labute approximate surface area is 593 Å². The fourth-order valence-corrected chi connectivity index (χ4v) is 12.1. The van der Waals surface area contributed by atoms with E-state index < -0.39 is 229 Å². The Kier molecular flexibility index (Phi) is 35.7. The third kappa shape index (κ3) is 27.4. The average Bonchev–Trinajstić information content (AvgIpc) is 1.65. The number of hydrogen-bond acceptors (Lipinski definition) is 19. The van der Waals surface area contributed by atoms with Crippen molar-refractivity contribution in [1.82, 2.24) is 67.9 Å². The lowest BCUT2D eigenvalue weighted by Crippen LogP contribution is -2.61. The minimum atomic E-state index is -1.86. The van der Waals surface area contributed by atoms with Crippen molar-refractivity contribution in [3.05, 3.63) is 0 Å². The minimum Gasteiger partial charge on any atom is -0.481 e. The monoisotopic (exact) mass is 1450 g/mol. The summed E-state index contributed by atoms with van der Waals surface area (Å²) in [6.07, 6.45) is -0.791. The minimum absolute atomic E-state index is 0.00280. The molecule has 0 unspecified atom stereocenters. The molecule has 14 atom stereocenters. The maximum Gasteiger partial charge on any atom is 0.326 e. The standard InChI is InChI=1S/C66H110N16O20/c1-32(2)29-42(58(93)78-51(34(5)6)62(97)73-39(17-12-13-25-67)55(90)72-40(21-23-48(69)83)56(91)75-43(31-50(86)87)57(92)77-44(66(101)102)30-33(3)4)76-60(95)46-19-16-28-82(46)65(100)52(35(7)8)79-61(96)47-20-15-27-81(47)64(99)41(22-24-49(84)85)74-54(89)38(11)70-53(88)37(10)71-59(94)45-18-14-26-80(45)63(98)36(9)68/h32-47,51-52H,12-31,67-68H2,1-11H3,(H2,69,83)(H,70,88)(H,71,94)(H,72,90)(H,73,97)(H,74,89)(H,75,91)(H,76,95)(H,77,92)(H,78,93)(H,79,96)(H,84,85)(H,86,87)(H,101,102)/t36-,37-,38-,39-,40-,41-,42-,43-,44-,45-,46-,47-,51-,52-/m0/s1. The second kappa shape index (κ2) is 41.7. The molecular formula is C66H110N16O20. The normalized spacial score (nSPS) is 19.1. The van der Waals surface area contributed by atoms with E-state index in [1.807, 2.05) is 0 Å². The Morgan fingerprint density at radius 1 is 0.402 bits per heavy atom. The number of carbonyl (C=O) groups is 17. The smallest absolute Gasteiger partial charge is 0.326 e. The Morgan fingerprint density at radius 2 is 0.814 bits per heavy atom. The number of nitrogens with one attached hydrogen (secondary N) is 10. The molecule has 3 aliphatic heterocycles. The lowest BCUT2D eigenvalue weighted by Gasteiger charge is -2.33. The van der Waals surface area contributed by atoms with E-state index in [1.165, 1.54) is 35.5 Å². The molecule has 0 aromatic heterocycles. The van der Waals surface area contributed by atoms with Crippen molar-refractivity contribution in [2.75, 3.05) is 26.2 Å². The van der Waals surface area contributed by atoms with Gasteiger partial charge in [-0.3, -0.25) is 76.7 Å². The van der Waals surface area contributed by atoms with Crippen LogP contribution in [0.3, 0.4) is 0 Å². The molecule has 3 heterocycles. The number of amides is 14. The Bertz CT molecular complexity index is 3020. The molecule has 0 aromatic rings. The molecular weight excluding hydrogens is 1340 g/mol. The summed E-state index contributed by atoms with van der Waals surface area (Å²) in [5.74, 6) is -17.7. The van der Waals surface area contributed by atoms with Crippen LogP contribution in [0, 0.1) is 23.7 Å². The number of nitrogens with two attached hydrogens (primary N) is 3. The molecule has 3 aliphatic rings. The maximum absolute atomic E-state index is 14.7. The first-order chi connectivity index (χ1) is 47.7. The van der Waals surface area contributed by atoms with E-state index in [-0.39, 0.29) is 70.0 Å². The Balaban J connectivity index is 1.80. The number of carboxylic acids is 3. The van der Waals surface area contributed by atoms with E-state index in [9.17, 15) is 96.8 Å². The molecule has 0 aromatic carbocycles. The molecule has 14 amide bonds. The van der Waals surface area contributed by atoms with Gasteiger partial charge in [-0.1, -0.05) is 55.4 Å². The van der Waals surface area contributed by atoms with Gasteiger partial charge in [0.2, 0.25) is 82.7 Å². The average molecular weight is 1450 g/mol. The molecule has 574 valence electrons. The summed E-state index contributed by atoms with van der Waals surface area (Å²) >= 11 is 0. The van der Waals surface area contributed by atoms with Gasteiger partial charge < -0.3 is 100 Å². The van der Waals surface area contributed by atoms with Crippen molar-refractivity contribution >= 4 is 101 Å². The molecule has 3 saturated heterocycles. The third-order valence-corrected chi connectivity index (χ3v) is 17.7. The lowest BCUT2D eigenvalue weighted by molar-refractivity contribution is -0.146. The van der Waals surface area contributed by atoms with Crippen LogP contribution >= 0.6 is 0 Å². The zero-order chi connectivity index (χ0) is 77.2. The van der Waals surface area contributed by atoms with Gasteiger partial charge in [0.05, 0.1) is 12.5 Å². The van der Waals surface area contributed by atoms with E-state index >= 15 is 0 Å². The van der Waals surface area contributed by atoms with Crippen molar-refractivity contribution in [2.24, 2.45) is 40.9 Å². The first-order valence-corrected chi connectivity index (χ1v) is 35.1. The number of rotatable bonds is 42. The summed E-state index contributed by atoms with van der Waals surface area (Å²) in [7, 11) is 0. The number of likely N-dealkylation sites (tertiary alicyclic amines) is 3. The fourth-order valence-electron chi connectivity index (χ4n) is 12.1. The van der Waals surface area contributed by atoms with E-state index in [2.05, 4.69) is 53.2 Å². The Hall–Kier alpha value is -9.09.